The van der Waals surface area contributed by atoms with Crippen molar-refractivity contribution in [3.63, 3.8) is 0 Å². The van der Waals surface area contributed by atoms with Crippen LogP contribution < -0.4 is 5.32 Å². The first kappa shape index (κ1) is 20.3. The number of rotatable bonds is 5. The fraction of sp³-hybridized carbons (Fsp3) is 0.478. The summed E-state index contributed by atoms with van der Waals surface area (Å²) in [4.78, 5) is 53.5. The van der Waals surface area contributed by atoms with Gasteiger partial charge in [-0.25, -0.2) is 0 Å². The first-order valence-electron chi connectivity index (χ1n) is 10.7. The molecule has 7 heteroatoms. The number of imide groups is 1. The van der Waals surface area contributed by atoms with Crippen LogP contribution in [-0.2, 0) is 14.4 Å². The van der Waals surface area contributed by atoms with Gasteiger partial charge in [0.25, 0.3) is 5.91 Å². The molecule has 7 nitrogen and oxygen atoms in total. The number of nitrogens with one attached hydrogen (secondary N) is 1. The third-order valence-corrected chi connectivity index (χ3v) is 6.24. The van der Waals surface area contributed by atoms with Crippen LogP contribution in [0.2, 0.25) is 0 Å². The summed E-state index contributed by atoms with van der Waals surface area (Å²) in [6.45, 7) is 1.54. The Morgan fingerprint density at radius 3 is 2.23 bits per heavy atom. The summed E-state index contributed by atoms with van der Waals surface area (Å²) in [5.74, 6) is -1.32. The standard InChI is InChI=1S/C23H27N3O4/c27-20(12-15-26-22(29)16-8-2-3-9-17(16)23(26)30)24-19-11-5-4-10-18(19)21(28)25-13-6-1-7-14-25/h2-5,10-11,16-17H,1,6-9,12-15H2,(H,24,27)/t16-,17-/m0/s1. The van der Waals surface area contributed by atoms with Gasteiger partial charge in [0.15, 0.2) is 0 Å². The molecule has 2 fully saturated rings. The van der Waals surface area contributed by atoms with Gasteiger partial charge in [0.05, 0.1) is 23.1 Å². The number of carbonyl (C=O) groups is 4. The summed E-state index contributed by atoms with van der Waals surface area (Å²) >= 11 is 0. The Morgan fingerprint density at radius 1 is 0.933 bits per heavy atom. The highest BCUT2D eigenvalue weighted by molar-refractivity contribution is 6.06. The molecular formula is C23H27N3O4. The number of likely N-dealkylation sites (tertiary alicyclic amines) is 2. The fourth-order valence-corrected chi connectivity index (χ4v) is 4.56. The van der Waals surface area contributed by atoms with E-state index >= 15 is 0 Å². The van der Waals surface area contributed by atoms with Crippen LogP contribution in [0.1, 0.15) is 48.9 Å². The van der Waals surface area contributed by atoms with Crippen LogP contribution in [0.3, 0.4) is 0 Å². The van der Waals surface area contributed by atoms with E-state index in [1.807, 2.05) is 17.1 Å². The molecule has 1 aromatic carbocycles. The van der Waals surface area contributed by atoms with Crippen molar-refractivity contribution in [2.45, 2.75) is 38.5 Å². The third-order valence-electron chi connectivity index (χ3n) is 6.24. The summed E-state index contributed by atoms with van der Waals surface area (Å²) in [7, 11) is 0. The molecule has 4 rings (SSSR count). The number of carbonyl (C=O) groups excluding carboxylic acids is 4. The second kappa shape index (κ2) is 8.81. The van der Waals surface area contributed by atoms with Crippen LogP contribution in [0.15, 0.2) is 36.4 Å². The number of nitrogens with zero attached hydrogens (tertiary/aromatic N) is 2. The van der Waals surface area contributed by atoms with Crippen LogP contribution in [0, 0.1) is 11.8 Å². The van der Waals surface area contributed by atoms with Crippen molar-refractivity contribution in [2.75, 3.05) is 25.0 Å². The Bertz CT molecular complexity index is 862. The molecule has 1 aliphatic carbocycles. The van der Waals surface area contributed by atoms with Gasteiger partial charge in [0, 0.05) is 26.1 Å². The van der Waals surface area contributed by atoms with Crippen molar-refractivity contribution >= 4 is 29.3 Å². The number of fused-ring (bicyclic) bond motifs is 1. The van der Waals surface area contributed by atoms with E-state index in [1.54, 1.807) is 24.3 Å². The summed E-state index contributed by atoms with van der Waals surface area (Å²) in [6.07, 6.45) is 8.20. The van der Waals surface area contributed by atoms with E-state index in [-0.39, 0.29) is 48.4 Å². The van der Waals surface area contributed by atoms with E-state index in [0.717, 1.165) is 32.4 Å². The first-order chi connectivity index (χ1) is 14.6. The van der Waals surface area contributed by atoms with Gasteiger partial charge in [-0.1, -0.05) is 24.3 Å². The molecule has 0 spiro atoms. The Balaban J connectivity index is 1.37. The highest BCUT2D eigenvalue weighted by Crippen LogP contribution is 2.35. The van der Waals surface area contributed by atoms with E-state index in [9.17, 15) is 19.2 Å². The number of piperidine rings is 1. The summed E-state index contributed by atoms with van der Waals surface area (Å²) in [5.41, 5.74) is 0.938. The van der Waals surface area contributed by atoms with Crippen LogP contribution >= 0.6 is 0 Å². The largest absolute Gasteiger partial charge is 0.339 e. The molecule has 1 N–H and O–H groups in total. The lowest BCUT2D eigenvalue weighted by Crippen LogP contribution is -2.36. The lowest BCUT2D eigenvalue weighted by Gasteiger charge is -2.27. The van der Waals surface area contributed by atoms with Crippen LogP contribution in [0.4, 0.5) is 5.69 Å². The monoisotopic (exact) mass is 409 g/mol. The van der Waals surface area contributed by atoms with Gasteiger partial charge in [-0.05, 0) is 44.2 Å². The topological polar surface area (TPSA) is 86.8 Å². The molecule has 4 amide bonds. The second-order valence-corrected chi connectivity index (χ2v) is 8.18. The molecule has 0 unspecified atom stereocenters. The molecule has 2 aliphatic heterocycles. The Hall–Kier alpha value is -2.96. The van der Waals surface area contributed by atoms with Crippen molar-refractivity contribution in [1.82, 2.24) is 9.80 Å². The average Bonchev–Trinajstić information content (AvgIpc) is 3.03. The maximum Gasteiger partial charge on any atom is 0.255 e. The minimum Gasteiger partial charge on any atom is -0.339 e. The van der Waals surface area contributed by atoms with Crippen LogP contribution in [-0.4, -0.2) is 53.1 Å². The normalized spacial score (nSPS) is 23.5. The van der Waals surface area contributed by atoms with E-state index < -0.39 is 0 Å². The predicted molar refractivity (Wildman–Crippen MR) is 112 cm³/mol. The molecule has 1 aromatic rings. The predicted octanol–water partition coefficient (Wildman–Crippen LogP) is 2.59. The first-order valence-corrected chi connectivity index (χ1v) is 10.7. The molecule has 0 radical (unpaired) electrons. The maximum absolute atomic E-state index is 12.9. The molecule has 3 aliphatic rings. The number of para-hydroxylation sites is 1. The Kier molecular flexibility index (Phi) is 5.97. The number of hydrogen-bond donors (Lipinski definition) is 1. The zero-order valence-electron chi connectivity index (χ0n) is 17.0. The lowest BCUT2D eigenvalue weighted by atomic mass is 9.85. The number of benzene rings is 1. The van der Waals surface area contributed by atoms with Gasteiger partial charge < -0.3 is 10.2 Å². The highest BCUT2D eigenvalue weighted by atomic mass is 16.2. The van der Waals surface area contributed by atoms with Gasteiger partial charge in [-0.2, -0.15) is 0 Å². The van der Waals surface area contributed by atoms with Crippen molar-refractivity contribution in [3.8, 4) is 0 Å². The molecule has 2 heterocycles. The molecule has 2 saturated heterocycles. The third kappa shape index (κ3) is 4.01. The quantitative estimate of drug-likeness (QED) is 0.598. The maximum atomic E-state index is 12.9. The lowest BCUT2D eigenvalue weighted by molar-refractivity contribution is -0.140. The number of anilines is 1. The summed E-state index contributed by atoms with van der Waals surface area (Å²) in [6, 6.07) is 6.98. The molecular weight excluding hydrogens is 382 g/mol. The smallest absolute Gasteiger partial charge is 0.255 e. The minimum absolute atomic E-state index is 0.0105. The molecule has 0 bridgehead atoms. The van der Waals surface area contributed by atoms with Crippen molar-refractivity contribution in [3.05, 3.63) is 42.0 Å². The SMILES string of the molecule is O=C(CCN1C(=O)[C@H]2CC=CC[C@@H]2C1=O)Nc1ccccc1C(=O)N1CCCCC1. The Morgan fingerprint density at radius 2 is 1.57 bits per heavy atom. The molecule has 0 saturated carbocycles. The summed E-state index contributed by atoms with van der Waals surface area (Å²) in [5, 5.41) is 2.80. The summed E-state index contributed by atoms with van der Waals surface area (Å²) < 4.78 is 0. The second-order valence-electron chi connectivity index (χ2n) is 8.18. The molecule has 2 atom stereocenters. The van der Waals surface area contributed by atoms with Gasteiger partial charge in [-0.15, -0.1) is 0 Å². The van der Waals surface area contributed by atoms with Gasteiger partial charge in [-0.3, -0.25) is 24.1 Å². The highest BCUT2D eigenvalue weighted by Gasteiger charge is 2.46. The van der Waals surface area contributed by atoms with Crippen molar-refractivity contribution < 1.29 is 19.2 Å². The number of allylic oxidation sites excluding steroid dienone is 2. The number of hydrogen-bond acceptors (Lipinski definition) is 4. The molecule has 158 valence electrons. The van der Waals surface area contributed by atoms with Crippen molar-refractivity contribution in [2.24, 2.45) is 11.8 Å². The molecule has 30 heavy (non-hydrogen) atoms. The van der Waals surface area contributed by atoms with E-state index in [4.69, 9.17) is 0 Å². The van der Waals surface area contributed by atoms with Crippen LogP contribution in [0.5, 0.6) is 0 Å². The molecule has 0 aromatic heterocycles. The van der Waals surface area contributed by atoms with Crippen LogP contribution in [0.25, 0.3) is 0 Å². The Labute approximate surface area is 176 Å². The van der Waals surface area contributed by atoms with Gasteiger partial charge in [0.2, 0.25) is 17.7 Å². The van der Waals surface area contributed by atoms with E-state index in [1.165, 1.54) is 4.90 Å². The number of amides is 4. The minimum atomic E-state index is -0.317. The van der Waals surface area contributed by atoms with E-state index in [2.05, 4.69) is 5.32 Å². The zero-order valence-corrected chi connectivity index (χ0v) is 17.0. The van der Waals surface area contributed by atoms with E-state index in [0.29, 0.717) is 24.1 Å². The average molecular weight is 409 g/mol. The zero-order chi connectivity index (χ0) is 21.1. The van der Waals surface area contributed by atoms with Crippen molar-refractivity contribution in [1.29, 1.82) is 0 Å². The van der Waals surface area contributed by atoms with Gasteiger partial charge in [0.1, 0.15) is 0 Å². The fourth-order valence-electron chi connectivity index (χ4n) is 4.56. The van der Waals surface area contributed by atoms with Gasteiger partial charge >= 0.3 is 0 Å².